The van der Waals surface area contributed by atoms with E-state index in [2.05, 4.69) is 34.7 Å². The van der Waals surface area contributed by atoms with E-state index < -0.39 is 5.97 Å². The van der Waals surface area contributed by atoms with Crippen molar-refractivity contribution >= 4 is 27.6 Å². The Labute approximate surface area is 129 Å². The second-order valence-electron chi connectivity index (χ2n) is 5.83. The van der Waals surface area contributed by atoms with Gasteiger partial charge in [0.2, 0.25) is 0 Å². The molecule has 0 aromatic heterocycles. The Morgan fingerprint density at radius 3 is 2.40 bits per heavy atom. The molecule has 3 nitrogen and oxygen atoms in total. The average molecular weight is 340 g/mol. The second kappa shape index (κ2) is 6.17. The molecule has 0 aliphatic carbocycles. The molecule has 2 rings (SSSR count). The minimum Gasteiger partial charge on any atom is -0.478 e. The summed E-state index contributed by atoms with van der Waals surface area (Å²) in [4.78, 5) is 13.5. The number of halogens is 1. The summed E-state index contributed by atoms with van der Waals surface area (Å²) in [5.74, 6) is -0.882. The first-order chi connectivity index (χ1) is 9.51. The van der Waals surface area contributed by atoms with Crippen LogP contribution in [0.4, 0.5) is 5.69 Å². The molecule has 0 unspecified atom stereocenters. The van der Waals surface area contributed by atoms with Crippen LogP contribution in [-0.4, -0.2) is 24.2 Å². The van der Waals surface area contributed by atoms with E-state index in [0.717, 1.165) is 18.8 Å². The first-order valence-electron chi connectivity index (χ1n) is 7.29. The lowest BCUT2D eigenvalue weighted by molar-refractivity contribution is 0.0696. The summed E-state index contributed by atoms with van der Waals surface area (Å²) in [5.41, 5.74) is 1.80. The van der Waals surface area contributed by atoms with Gasteiger partial charge < -0.3 is 10.0 Å². The van der Waals surface area contributed by atoms with Gasteiger partial charge in [0.05, 0.1) is 5.56 Å². The number of rotatable bonds is 6. The molecule has 1 saturated heterocycles. The molecule has 20 heavy (non-hydrogen) atoms. The van der Waals surface area contributed by atoms with Crippen molar-refractivity contribution < 1.29 is 9.90 Å². The SMILES string of the molecule is CCCC1(CCC)CN(c2ccc(Br)c(C(=O)O)c2)C1. The number of carboxylic acids is 1. The van der Waals surface area contributed by atoms with E-state index in [4.69, 9.17) is 0 Å². The normalized spacial score (nSPS) is 16.9. The molecule has 0 radical (unpaired) electrons. The smallest absolute Gasteiger partial charge is 0.336 e. The van der Waals surface area contributed by atoms with Gasteiger partial charge in [-0.1, -0.05) is 26.7 Å². The molecule has 110 valence electrons. The molecule has 1 fully saturated rings. The molecular formula is C16H22BrNO2. The van der Waals surface area contributed by atoms with Crippen LogP contribution in [0.2, 0.25) is 0 Å². The van der Waals surface area contributed by atoms with Crippen molar-refractivity contribution in [3.63, 3.8) is 0 Å². The Bertz CT molecular complexity index is 487. The van der Waals surface area contributed by atoms with Gasteiger partial charge in [-0.05, 0) is 47.0 Å². The highest BCUT2D eigenvalue weighted by Crippen LogP contribution is 2.42. The molecule has 0 bridgehead atoms. The summed E-state index contributed by atoms with van der Waals surface area (Å²) >= 11 is 3.29. The lowest BCUT2D eigenvalue weighted by Gasteiger charge is -2.52. The predicted octanol–water partition coefficient (Wildman–Crippen LogP) is 4.55. The number of aromatic carboxylic acids is 1. The minimum atomic E-state index is -0.882. The number of benzene rings is 1. The predicted molar refractivity (Wildman–Crippen MR) is 85.6 cm³/mol. The molecule has 1 N–H and O–H groups in total. The standard InChI is InChI=1S/C16H22BrNO2/c1-3-7-16(8-4-2)10-18(11-16)12-5-6-14(17)13(9-12)15(19)20/h5-6,9H,3-4,7-8,10-11H2,1-2H3,(H,19,20). The van der Waals surface area contributed by atoms with Gasteiger partial charge in [-0.15, -0.1) is 0 Å². The molecule has 4 heteroatoms. The quantitative estimate of drug-likeness (QED) is 0.826. The molecule has 0 amide bonds. The van der Waals surface area contributed by atoms with Gasteiger partial charge in [0.1, 0.15) is 0 Å². The fraction of sp³-hybridized carbons (Fsp3) is 0.562. The Balaban J connectivity index is 2.12. The number of hydrogen-bond acceptors (Lipinski definition) is 2. The van der Waals surface area contributed by atoms with E-state index in [0.29, 0.717) is 15.5 Å². The Kier molecular flexibility index (Phi) is 4.74. The molecule has 1 aromatic carbocycles. The van der Waals surface area contributed by atoms with E-state index in [1.807, 2.05) is 12.1 Å². The van der Waals surface area contributed by atoms with E-state index in [1.165, 1.54) is 25.7 Å². The lowest BCUT2D eigenvalue weighted by Crippen LogP contribution is -2.56. The van der Waals surface area contributed by atoms with Crippen LogP contribution in [0.25, 0.3) is 0 Å². The summed E-state index contributed by atoms with van der Waals surface area (Å²) in [7, 11) is 0. The average Bonchev–Trinajstić information content (AvgIpc) is 2.36. The largest absolute Gasteiger partial charge is 0.478 e. The molecule has 1 heterocycles. The lowest BCUT2D eigenvalue weighted by atomic mass is 9.72. The number of carboxylic acid groups (broad SMARTS) is 1. The van der Waals surface area contributed by atoms with Gasteiger partial charge in [0.25, 0.3) is 0 Å². The molecule has 1 aromatic rings. The summed E-state index contributed by atoms with van der Waals surface area (Å²) in [6.07, 6.45) is 4.96. The molecular weight excluding hydrogens is 318 g/mol. The summed E-state index contributed by atoms with van der Waals surface area (Å²) in [6, 6.07) is 5.60. The van der Waals surface area contributed by atoms with E-state index in [-0.39, 0.29) is 0 Å². The first kappa shape index (κ1) is 15.4. The molecule has 0 spiro atoms. The maximum absolute atomic E-state index is 11.2. The fourth-order valence-corrected chi connectivity index (χ4v) is 3.74. The van der Waals surface area contributed by atoms with Gasteiger partial charge in [-0.3, -0.25) is 0 Å². The van der Waals surface area contributed by atoms with Crippen molar-refractivity contribution in [1.29, 1.82) is 0 Å². The summed E-state index contributed by atoms with van der Waals surface area (Å²) in [5, 5.41) is 9.19. The fourth-order valence-electron chi connectivity index (χ4n) is 3.32. The monoisotopic (exact) mass is 339 g/mol. The number of nitrogens with zero attached hydrogens (tertiary/aromatic N) is 1. The van der Waals surface area contributed by atoms with Crippen LogP contribution in [0.1, 0.15) is 49.9 Å². The highest BCUT2D eigenvalue weighted by atomic mass is 79.9. The molecule has 1 aliphatic rings. The van der Waals surface area contributed by atoms with Crippen LogP contribution in [-0.2, 0) is 0 Å². The van der Waals surface area contributed by atoms with E-state index >= 15 is 0 Å². The maximum Gasteiger partial charge on any atom is 0.336 e. The van der Waals surface area contributed by atoms with Crippen LogP contribution in [0.5, 0.6) is 0 Å². The third kappa shape index (κ3) is 3.00. The first-order valence-corrected chi connectivity index (χ1v) is 8.08. The van der Waals surface area contributed by atoms with Crippen molar-refractivity contribution in [3.05, 3.63) is 28.2 Å². The number of hydrogen-bond donors (Lipinski definition) is 1. The van der Waals surface area contributed by atoms with Crippen molar-refractivity contribution in [1.82, 2.24) is 0 Å². The highest BCUT2D eigenvalue weighted by Gasteiger charge is 2.41. The zero-order chi connectivity index (χ0) is 14.8. The van der Waals surface area contributed by atoms with Gasteiger partial charge in [0, 0.05) is 28.7 Å². The zero-order valence-corrected chi connectivity index (χ0v) is 13.7. The van der Waals surface area contributed by atoms with Crippen molar-refractivity contribution in [2.75, 3.05) is 18.0 Å². The Hall–Kier alpha value is -1.03. The minimum absolute atomic E-state index is 0.339. The van der Waals surface area contributed by atoms with Crippen LogP contribution in [0, 0.1) is 5.41 Å². The van der Waals surface area contributed by atoms with Crippen molar-refractivity contribution in [3.8, 4) is 0 Å². The van der Waals surface area contributed by atoms with E-state index in [9.17, 15) is 9.90 Å². The van der Waals surface area contributed by atoms with Gasteiger partial charge >= 0.3 is 5.97 Å². The van der Waals surface area contributed by atoms with Crippen LogP contribution >= 0.6 is 15.9 Å². The van der Waals surface area contributed by atoms with Gasteiger partial charge in [-0.2, -0.15) is 0 Å². The van der Waals surface area contributed by atoms with Crippen LogP contribution in [0.3, 0.4) is 0 Å². The highest BCUT2D eigenvalue weighted by molar-refractivity contribution is 9.10. The molecule has 1 aliphatic heterocycles. The molecule has 0 saturated carbocycles. The topological polar surface area (TPSA) is 40.5 Å². The van der Waals surface area contributed by atoms with Gasteiger partial charge in [0.15, 0.2) is 0 Å². The summed E-state index contributed by atoms with van der Waals surface area (Å²) < 4.78 is 0.641. The molecule has 0 atom stereocenters. The number of anilines is 1. The van der Waals surface area contributed by atoms with Crippen molar-refractivity contribution in [2.45, 2.75) is 39.5 Å². The zero-order valence-electron chi connectivity index (χ0n) is 12.2. The maximum atomic E-state index is 11.2. The number of carbonyl (C=O) groups is 1. The van der Waals surface area contributed by atoms with Crippen molar-refractivity contribution in [2.24, 2.45) is 5.41 Å². The Morgan fingerprint density at radius 1 is 1.30 bits per heavy atom. The second-order valence-corrected chi connectivity index (χ2v) is 6.68. The summed E-state index contributed by atoms with van der Waals surface area (Å²) in [6.45, 7) is 6.58. The third-order valence-corrected chi connectivity index (χ3v) is 4.85. The van der Waals surface area contributed by atoms with Gasteiger partial charge in [-0.25, -0.2) is 4.79 Å². The van der Waals surface area contributed by atoms with Crippen LogP contribution in [0.15, 0.2) is 22.7 Å². The Morgan fingerprint density at radius 2 is 1.90 bits per heavy atom. The van der Waals surface area contributed by atoms with E-state index in [1.54, 1.807) is 6.07 Å². The van der Waals surface area contributed by atoms with Crippen LogP contribution < -0.4 is 4.90 Å². The third-order valence-electron chi connectivity index (χ3n) is 4.16.